The van der Waals surface area contributed by atoms with Gasteiger partial charge >= 0.3 is 5.97 Å². The fourth-order valence-electron chi connectivity index (χ4n) is 3.27. The van der Waals surface area contributed by atoms with Gasteiger partial charge in [0.2, 0.25) is 5.88 Å². The van der Waals surface area contributed by atoms with Gasteiger partial charge in [-0.25, -0.2) is 4.79 Å². The van der Waals surface area contributed by atoms with Crippen LogP contribution in [0.1, 0.15) is 30.9 Å². The number of carbonyl (C=O) groups excluding carboxylic acids is 1. The van der Waals surface area contributed by atoms with Crippen LogP contribution in [0.4, 0.5) is 0 Å². The van der Waals surface area contributed by atoms with Crippen LogP contribution in [-0.4, -0.2) is 18.1 Å². The molecule has 1 aromatic carbocycles. The average Bonchev–Trinajstić information content (AvgIpc) is 2.66. The smallest absolute Gasteiger partial charge is 0.338 e. The number of fused-ring (bicyclic) bond motifs is 1. The number of nitrogens with zero attached hydrogens (tertiary/aromatic N) is 1. The summed E-state index contributed by atoms with van der Waals surface area (Å²) in [6.45, 7) is 3.58. The summed E-state index contributed by atoms with van der Waals surface area (Å²) in [6, 6.07) is 9.38. The van der Waals surface area contributed by atoms with Crippen LogP contribution in [0.2, 0.25) is 0 Å². The number of aromatic amines is 1. The van der Waals surface area contributed by atoms with Crippen molar-refractivity contribution in [3.05, 3.63) is 68.5 Å². The third-order valence-electron chi connectivity index (χ3n) is 4.67. The fraction of sp³-hybridized carbons (Fsp3) is 0.250. The first kappa shape index (κ1) is 18.3. The molecule has 3 rings (SSSR count). The lowest BCUT2D eigenvalue weighted by Gasteiger charge is -2.26. The van der Waals surface area contributed by atoms with E-state index in [-0.39, 0.29) is 28.4 Å². The molecule has 1 atom stereocenters. The van der Waals surface area contributed by atoms with Gasteiger partial charge in [-0.1, -0.05) is 13.0 Å². The third kappa shape index (κ3) is 3.06. The number of esters is 1. The summed E-state index contributed by atoms with van der Waals surface area (Å²) in [5.74, 6) is -1.58. The van der Waals surface area contributed by atoms with Crippen molar-refractivity contribution in [3.63, 3.8) is 0 Å². The zero-order valence-electron chi connectivity index (χ0n) is 15.3. The summed E-state index contributed by atoms with van der Waals surface area (Å²) in [6.07, 6.45) is 0.838. The van der Waals surface area contributed by atoms with E-state index in [0.29, 0.717) is 5.52 Å². The van der Waals surface area contributed by atoms with Gasteiger partial charge in [-0.2, -0.15) is 5.26 Å². The second kappa shape index (κ2) is 7.00. The lowest BCUT2D eigenvalue weighted by atomic mass is 9.83. The second-order valence-corrected chi connectivity index (χ2v) is 6.22. The third-order valence-corrected chi connectivity index (χ3v) is 4.67. The molecule has 0 fully saturated rings. The normalized spacial score (nSPS) is 16.9. The quantitative estimate of drug-likeness (QED) is 0.806. The Bertz CT molecular complexity index is 1100. The number of allylic oxidation sites excluding steroid dienone is 2. The van der Waals surface area contributed by atoms with E-state index in [1.54, 1.807) is 13.0 Å². The maximum atomic E-state index is 12.8. The van der Waals surface area contributed by atoms with Crippen molar-refractivity contribution in [1.82, 2.24) is 4.98 Å². The highest BCUT2D eigenvalue weighted by atomic mass is 16.5. The molecule has 7 heteroatoms. The van der Waals surface area contributed by atoms with E-state index >= 15 is 0 Å². The predicted octanol–water partition coefficient (Wildman–Crippen LogP) is 2.35. The Morgan fingerprint density at radius 1 is 1.41 bits per heavy atom. The molecular weight excluding hydrogens is 346 g/mol. The van der Waals surface area contributed by atoms with Crippen molar-refractivity contribution in [3.8, 4) is 6.07 Å². The molecule has 27 heavy (non-hydrogen) atoms. The van der Waals surface area contributed by atoms with Crippen LogP contribution in [0.3, 0.4) is 0 Å². The Hall–Kier alpha value is -3.53. The second-order valence-electron chi connectivity index (χ2n) is 6.22. The van der Waals surface area contributed by atoms with Gasteiger partial charge in [0.25, 0.3) is 5.56 Å². The van der Waals surface area contributed by atoms with Crippen LogP contribution in [0.15, 0.2) is 51.8 Å². The van der Waals surface area contributed by atoms with Gasteiger partial charge in [-0.3, -0.25) is 4.79 Å². The Balaban J connectivity index is 2.31. The number of ether oxygens (including phenoxy) is 2. The number of benzene rings is 1. The molecule has 0 spiro atoms. The van der Waals surface area contributed by atoms with Crippen LogP contribution in [-0.2, 0) is 20.7 Å². The van der Waals surface area contributed by atoms with Crippen molar-refractivity contribution in [1.29, 1.82) is 5.26 Å². The number of nitriles is 1. The highest BCUT2D eigenvalue weighted by Crippen LogP contribution is 2.38. The molecule has 0 saturated carbocycles. The minimum atomic E-state index is -0.963. The first-order valence-corrected chi connectivity index (χ1v) is 8.43. The molecule has 2 heterocycles. The van der Waals surface area contributed by atoms with Crippen molar-refractivity contribution >= 4 is 16.9 Å². The van der Waals surface area contributed by atoms with Gasteiger partial charge in [-0.15, -0.1) is 0 Å². The number of nitrogens with two attached hydrogens (primary N) is 1. The van der Waals surface area contributed by atoms with Gasteiger partial charge in [-0.05, 0) is 42.5 Å². The van der Waals surface area contributed by atoms with Gasteiger partial charge < -0.3 is 20.2 Å². The maximum Gasteiger partial charge on any atom is 0.338 e. The Morgan fingerprint density at radius 3 is 2.78 bits per heavy atom. The van der Waals surface area contributed by atoms with E-state index in [9.17, 15) is 14.9 Å². The van der Waals surface area contributed by atoms with Crippen LogP contribution >= 0.6 is 0 Å². The van der Waals surface area contributed by atoms with Crippen molar-refractivity contribution in [2.45, 2.75) is 26.2 Å². The molecule has 0 bridgehead atoms. The molecular formula is C20H19N3O4. The largest absolute Gasteiger partial charge is 0.466 e. The number of hydrogen-bond acceptors (Lipinski definition) is 6. The number of H-pyrrole nitrogens is 1. The number of aromatic nitrogens is 1. The molecule has 1 aliphatic rings. The summed E-state index contributed by atoms with van der Waals surface area (Å²) in [5, 5.41) is 10.4. The lowest BCUT2D eigenvalue weighted by molar-refractivity contribution is -0.136. The highest BCUT2D eigenvalue weighted by molar-refractivity contribution is 5.93. The average molecular weight is 365 g/mol. The number of hydrogen-bond donors (Lipinski definition) is 2. The lowest BCUT2D eigenvalue weighted by Crippen LogP contribution is -2.28. The van der Waals surface area contributed by atoms with Crippen molar-refractivity contribution in [2.24, 2.45) is 5.73 Å². The molecule has 3 N–H and O–H groups in total. The van der Waals surface area contributed by atoms with Crippen molar-refractivity contribution < 1.29 is 14.3 Å². The Morgan fingerprint density at radius 2 is 2.15 bits per heavy atom. The van der Waals surface area contributed by atoms with E-state index in [2.05, 4.69) is 4.98 Å². The zero-order chi connectivity index (χ0) is 19.7. The van der Waals surface area contributed by atoms with Gasteiger partial charge in [0.15, 0.2) is 0 Å². The molecule has 0 radical (unpaired) electrons. The molecule has 1 unspecified atom stereocenters. The summed E-state index contributed by atoms with van der Waals surface area (Å²) in [7, 11) is 1.23. The zero-order valence-corrected chi connectivity index (χ0v) is 15.3. The number of carbonyl (C=O) groups is 1. The number of methoxy groups -OCH3 is 1. The summed E-state index contributed by atoms with van der Waals surface area (Å²) < 4.78 is 10.2. The molecule has 2 aromatic rings. The summed E-state index contributed by atoms with van der Waals surface area (Å²) >= 11 is 0. The Kier molecular flexibility index (Phi) is 4.74. The van der Waals surface area contributed by atoms with Gasteiger partial charge in [0.1, 0.15) is 17.4 Å². The number of nitrogens with one attached hydrogen (secondary N) is 1. The topological polar surface area (TPSA) is 118 Å². The van der Waals surface area contributed by atoms with Crippen LogP contribution in [0.5, 0.6) is 0 Å². The fourth-order valence-corrected chi connectivity index (χ4v) is 3.27. The molecule has 0 amide bonds. The Labute approximate surface area is 155 Å². The van der Waals surface area contributed by atoms with Crippen LogP contribution in [0, 0.1) is 11.3 Å². The standard InChI is InChI=1S/C20H19N3O4/c1-4-11-5-6-15-12(7-11)8-13(19(24)23-15)17-14(9-21)18(22)27-10(2)16(17)20(25)26-3/h5-8,17H,4,22H2,1-3H3,(H,23,24). The first-order valence-electron chi connectivity index (χ1n) is 8.43. The van der Waals surface area contributed by atoms with E-state index in [1.807, 2.05) is 31.2 Å². The van der Waals surface area contributed by atoms with Crippen LogP contribution in [0.25, 0.3) is 10.9 Å². The maximum absolute atomic E-state index is 12.8. The molecule has 0 aliphatic carbocycles. The van der Waals surface area contributed by atoms with Crippen LogP contribution < -0.4 is 11.3 Å². The molecule has 7 nitrogen and oxygen atoms in total. The predicted molar refractivity (Wildman–Crippen MR) is 99.3 cm³/mol. The summed E-state index contributed by atoms with van der Waals surface area (Å²) in [4.78, 5) is 27.9. The number of pyridine rings is 1. The summed E-state index contributed by atoms with van der Waals surface area (Å²) in [5.41, 5.74) is 7.53. The van der Waals surface area contributed by atoms with E-state index in [0.717, 1.165) is 17.4 Å². The van der Waals surface area contributed by atoms with E-state index in [4.69, 9.17) is 15.2 Å². The van der Waals surface area contributed by atoms with Crippen molar-refractivity contribution in [2.75, 3.05) is 7.11 Å². The minimum Gasteiger partial charge on any atom is -0.466 e. The van der Waals surface area contributed by atoms with E-state index < -0.39 is 17.4 Å². The van der Waals surface area contributed by atoms with E-state index in [1.165, 1.54) is 7.11 Å². The molecule has 0 saturated heterocycles. The molecule has 138 valence electrons. The van der Waals surface area contributed by atoms with Gasteiger partial charge in [0, 0.05) is 11.1 Å². The molecule has 1 aromatic heterocycles. The highest BCUT2D eigenvalue weighted by Gasteiger charge is 2.37. The number of rotatable bonds is 3. The SMILES string of the molecule is CCc1ccc2[nH]c(=O)c(C3C(C#N)=C(N)OC(C)=C3C(=O)OC)cc2c1. The monoisotopic (exact) mass is 365 g/mol. The number of aryl methyl sites for hydroxylation is 1. The first-order chi connectivity index (χ1) is 12.9. The molecule has 1 aliphatic heterocycles. The minimum absolute atomic E-state index is 0.00232. The van der Waals surface area contributed by atoms with Gasteiger partial charge in [0.05, 0.1) is 18.6 Å².